The van der Waals surface area contributed by atoms with Crippen molar-refractivity contribution in [3.8, 4) is 0 Å². The molecule has 4 N–H and O–H groups in total. The lowest BCUT2D eigenvalue weighted by Gasteiger charge is -2.13. The van der Waals surface area contributed by atoms with Gasteiger partial charge in [-0.15, -0.1) is 0 Å². The minimum Gasteiger partial charge on any atom is -0.478 e. The van der Waals surface area contributed by atoms with Crippen LogP contribution in [0.15, 0.2) is 18.2 Å². The summed E-state index contributed by atoms with van der Waals surface area (Å²) in [5.74, 6) is -2.27. The molecule has 0 spiro atoms. The number of carboxylic acids is 1. The van der Waals surface area contributed by atoms with Gasteiger partial charge in [-0.3, -0.25) is 4.79 Å². The van der Waals surface area contributed by atoms with Crippen LogP contribution in [0.4, 0.5) is 18.9 Å². The van der Waals surface area contributed by atoms with Crippen LogP contribution in [0.2, 0.25) is 0 Å². The molecule has 0 bridgehead atoms. The first-order valence-electron chi connectivity index (χ1n) is 5.14. The van der Waals surface area contributed by atoms with Crippen LogP contribution in [0, 0.1) is 0 Å². The zero-order valence-electron chi connectivity index (χ0n) is 9.78. The smallest absolute Gasteiger partial charge is 0.416 e. The number of amides is 1. The van der Waals surface area contributed by atoms with Gasteiger partial charge >= 0.3 is 12.1 Å². The monoisotopic (exact) mass is 276 g/mol. The number of hydrogen-bond donors (Lipinski definition) is 3. The third kappa shape index (κ3) is 3.68. The molecule has 5 nitrogen and oxygen atoms in total. The second-order valence-corrected chi connectivity index (χ2v) is 3.84. The molecule has 0 aliphatic heterocycles. The van der Waals surface area contributed by atoms with Crippen molar-refractivity contribution in [3.63, 3.8) is 0 Å². The summed E-state index contributed by atoms with van der Waals surface area (Å²) in [5.41, 5.74) is 3.28. The van der Waals surface area contributed by atoms with E-state index in [1.165, 1.54) is 6.92 Å². The number of anilines is 1. The molecule has 1 rings (SSSR count). The second-order valence-electron chi connectivity index (χ2n) is 3.84. The molecule has 1 atom stereocenters. The van der Waals surface area contributed by atoms with Gasteiger partial charge in [-0.05, 0) is 25.1 Å². The third-order valence-corrected chi connectivity index (χ3v) is 2.25. The second kappa shape index (κ2) is 5.27. The first-order chi connectivity index (χ1) is 8.62. The number of carbonyl (C=O) groups is 2. The van der Waals surface area contributed by atoms with Crippen LogP contribution in [-0.4, -0.2) is 23.0 Å². The molecule has 0 aliphatic rings. The summed E-state index contributed by atoms with van der Waals surface area (Å²) in [7, 11) is 0. The Hall–Kier alpha value is -2.09. The standard InChI is InChI=1S/C11H11F3N2O3/c1-5(15)9(17)16-8-3-2-6(11(12,13)14)4-7(8)10(18)19/h2-5H,15H2,1H3,(H,16,17)(H,18,19). The van der Waals surface area contributed by atoms with Crippen molar-refractivity contribution in [1.82, 2.24) is 0 Å². The van der Waals surface area contributed by atoms with Gasteiger partial charge in [0, 0.05) is 0 Å². The highest BCUT2D eigenvalue weighted by Crippen LogP contribution is 2.31. The Morgan fingerprint density at radius 2 is 1.95 bits per heavy atom. The van der Waals surface area contributed by atoms with Gasteiger partial charge < -0.3 is 16.2 Å². The number of halogens is 3. The van der Waals surface area contributed by atoms with E-state index >= 15 is 0 Å². The van der Waals surface area contributed by atoms with Crippen molar-refractivity contribution in [2.45, 2.75) is 19.1 Å². The van der Waals surface area contributed by atoms with Crippen molar-refractivity contribution in [3.05, 3.63) is 29.3 Å². The molecule has 1 amide bonds. The highest BCUT2D eigenvalue weighted by Gasteiger charge is 2.32. The number of aromatic carboxylic acids is 1. The molecular formula is C11H11F3N2O3. The Morgan fingerprint density at radius 3 is 2.37 bits per heavy atom. The third-order valence-electron chi connectivity index (χ3n) is 2.25. The highest BCUT2D eigenvalue weighted by atomic mass is 19.4. The van der Waals surface area contributed by atoms with Gasteiger partial charge in [0.2, 0.25) is 5.91 Å². The van der Waals surface area contributed by atoms with Gasteiger partial charge in [-0.1, -0.05) is 0 Å². The lowest BCUT2D eigenvalue weighted by molar-refractivity contribution is -0.137. The van der Waals surface area contributed by atoms with Crippen LogP contribution >= 0.6 is 0 Å². The Kier molecular flexibility index (Phi) is 4.15. The van der Waals surface area contributed by atoms with Crippen LogP contribution in [-0.2, 0) is 11.0 Å². The van der Waals surface area contributed by atoms with Crippen molar-refractivity contribution >= 4 is 17.6 Å². The van der Waals surface area contributed by atoms with E-state index in [9.17, 15) is 22.8 Å². The predicted molar refractivity (Wildman–Crippen MR) is 60.7 cm³/mol. The SMILES string of the molecule is CC(N)C(=O)Nc1ccc(C(F)(F)F)cc1C(=O)O. The van der Waals surface area contributed by atoms with Crippen molar-refractivity contribution in [1.29, 1.82) is 0 Å². The summed E-state index contributed by atoms with van der Waals surface area (Å²) in [4.78, 5) is 22.2. The molecule has 0 fully saturated rings. The van der Waals surface area contributed by atoms with Crippen LogP contribution in [0.3, 0.4) is 0 Å². The van der Waals surface area contributed by atoms with Gasteiger partial charge in [0.15, 0.2) is 0 Å². The zero-order valence-corrected chi connectivity index (χ0v) is 9.78. The lowest BCUT2D eigenvalue weighted by Crippen LogP contribution is -2.33. The number of carbonyl (C=O) groups excluding carboxylic acids is 1. The van der Waals surface area contributed by atoms with Gasteiger partial charge in [0.25, 0.3) is 0 Å². The number of benzene rings is 1. The van der Waals surface area contributed by atoms with Gasteiger partial charge in [0.1, 0.15) is 0 Å². The van der Waals surface area contributed by atoms with Crippen LogP contribution in [0.25, 0.3) is 0 Å². The molecular weight excluding hydrogens is 265 g/mol. The summed E-state index contributed by atoms with van der Waals surface area (Å²) >= 11 is 0. The number of hydrogen-bond acceptors (Lipinski definition) is 3. The van der Waals surface area contributed by atoms with E-state index in [0.29, 0.717) is 12.1 Å². The Morgan fingerprint density at radius 1 is 1.37 bits per heavy atom. The van der Waals surface area contributed by atoms with Gasteiger partial charge in [0.05, 0.1) is 22.9 Å². The Bertz CT molecular complexity index is 512. The minimum atomic E-state index is -4.66. The average Bonchev–Trinajstić information content (AvgIpc) is 2.27. The summed E-state index contributed by atoms with van der Waals surface area (Å²) in [6, 6.07) is 1.11. The fourth-order valence-corrected chi connectivity index (χ4v) is 1.25. The van der Waals surface area contributed by atoms with E-state index in [0.717, 1.165) is 6.07 Å². The maximum absolute atomic E-state index is 12.5. The van der Waals surface area contributed by atoms with Gasteiger partial charge in [-0.2, -0.15) is 13.2 Å². The minimum absolute atomic E-state index is 0.234. The predicted octanol–water partition coefficient (Wildman–Crippen LogP) is 1.69. The average molecular weight is 276 g/mol. The molecule has 19 heavy (non-hydrogen) atoms. The maximum atomic E-state index is 12.5. The van der Waals surface area contributed by atoms with E-state index in [2.05, 4.69) is 5.32 Å². The molecule has 1 unspecified atom stereocenters. The van der Waals surface area contributed by atoms with Crippen molar-refractivity contribution in [2.75, 3.05) is 5.32 Å². The molecule has 0 aliphatic carbocycles. The van der Waals surface area contributed by atoms with Crippen LogP contribution in [0.5, 0.6) is 0 Å². The van der Waals surface area contributed by atoms with E-state index in [4.69, 9.17) is 10.8 Å². The molecule has 1 aromatic carbocycles. The highest BCUT2D eigenvalue weighted by molar-refractivity contribution is 6.02. The van der Waals surface area contributed by atoms with E-state index in [-0.39, 0.29) is 5.69 Å². The molecule has 0 aromatic heterocycles. The topological polar surface area (TPSA) is 92.4 Å². The number of carboxylic acid groups (broad SMARTS) is 1. The lowest BCUT2D eigenvalue weighted by atomic mass is 10.1. The molecule has 0 saturated carbocycles. The maximum Gasteiger partial charge on any atom is 0.416 e. The zero-order chi connectivity index (χ0) is 14.8. The molecule has 8 heteroatoms. The molecule has 104 valence electrons. The summed E-state index contributed by atoms with van der Waals surface area (Å²) < 4.78 is 37.4. The number of nitrogens with one attached hydrogen (secondary N) is 1. The molecule has 1 aromatic rings. The molecule has 0 radical (unpaired) electrons. The fourth-order valence-electron chi connectivity index (χ4n) is 1.25. The Balaban J connectivity index is 3.20. The first-order valence-corrected chi connectivity index (χ1v) is 5.14. The summed E-state index contributed by atoms with van der Waals surface area (Å²) in [6.45, 7) is 1.36. The van der Waals surface area contributed by atoms with Crippen LogP contribution < -0.4 is 11.1 Å². The van der Waals surface area contributed by atoms with Gasteiger partial charge in [-0.25, -0.2) is 4.79 Å². The Labute approximate surface area is 106 Å². The summed E-state index contributed by atoms with van der Waals surface area (Å²) in [6.07, 6.45) is -4.66. The van der Waals surface area contributed by atoms with Crippen molar-refractivity contribution < 1.29 is 27.9 Å². The fraction of sp³-hybridized carbons (Fsp3) is 0.273. The molecule has 0 heterocycles. The summed E-state index contributed by atoms with van der Waals surface area (Å²) in [5, 5.41) is 11.0. The normalized spacial score (nSPS) is 12.9. The van der Waals surface area contributed by atoms with E-state index < -0.39 is 35.2 Å². The van der Waals surface area contributed by atoms with E-state index in [1.54, 1.807) is 0 Å². The number of nitrogens with two attached hydrogens (primary N) is 1. The first kappa shape index (κ1) is 15.0. The quantitative estimate of drug-likeness (QED) is 0.783. The largest absolute Gasteiger partial charge is 0.478 e. The number of alkyl halides is 3. The van der Waals surface area contributed by atoms with Crippen LogP contribution in [0.1, 0.15) is 22.8 Å². The number of rotatable bonds is 3. The van der Waals surface area contributed by atoms with E-state index in [1.807, 2.05) is 0 Å². The van der Waals surface area contributed by atoms with Crippen molar-refractivity contribution in [2.24, 2.45) is 5.73 Å². The molecule has 0 saturated heterocycles.